The molecule has 128 valence electrons. The molecule has 0 saturated heterocycles. The van der Waals surface area contributed by atoms with Gasteiger partial charge >= 0.3 is 0 Å². The van der Waals surface area contributed by atoms with E-state index in [0.717, 1.165) is 18.4 Å². The molecule has 24 heavy (non-hydrogen) atoms. The highest BCUT2D eigenvalue weighted by molar-refractivity contribution is 5.92. The third-order valence-corrected chi connectivity index (χ3v) is 4.47. The minimum atomic E-state index is -2.55. The van der Waals surface area contributed by atoms with Crippen molar-refractivity contribution in [3.63, 3.8) is 0 Å². The largest absolute Gasteiger partial charge is 0.473 e. The fourth-order valence-electron chi connectivity index (χ4n) is 3.17. The van der Waals surface area contributed by atoms with Gasteiger partial charge in [-0.2, -0.15) is 5.10 Å². The molecule has 5 heteroatoms. The monoisotopic (exact) mass is 330 g/mol. The second-order valence-electron chi connectivity index (χ2n) is 6.28. The summed E-state index contributed by atoms with van der Waals surface area (Å²) in [5, 5.41) is 6.31. The Hall–Kier alpha value is -2.30. The first-order valence-corrected chi connectivity index (χ1v) is 8.48. The van der Waals surface area contributed by atoms with E-state index in [1.54, 1.807) is 4.68 Å². The van der Waals surface area contributed by atoms with Gasteiger partial charge < -0.3 is 10.1 Å². The van der Waals surface area contributed by atoms with Gasteiger partial charge in [0, 0.05) is 23.7 Å². The number of benzene rings is 1. The molecule has 1 fully saturated rings. The van der Waals surface area contributed by atoms with Gasteiger partial charge in [-0.3, -0.25) is 4.79 Å². The van der Waals surface area contributed by atoms with Crippen molar-refractivity contribution >= 4 is 5.91 Å². The Labute approximate surface area is 147 Å². The van der Waals surface area contributed by atoms with Crippen molar-refractivity contribution in [2.75, 3.05) is 6.98 Å². The van der Waals surface area contributed by atoms with Crippen molar-refractivity contribution in [3.8, 4) is 5.88 Å². The van der Waals surface area contributed by atoms with E-state index in [2.05, 4.69) is 5.10 Å². The summed E-state index contributed by atoms with van der Waals surface area (Å²) in [7, 11) is 0. The molecule has 3 rings (SSSR count). The van der Waals surface area contributed by atoms with E-state index in [1.165, 1.54) is 25.3 Å². The van der Waals surface area contributed by atoms with Crippen LogP contribution >= 0.6 is 0 Å². The molecule has 1 aromatic carbocycles. The summed E-state index contributed by atoms with van der Waals surface area (Å²) in [5.41, 5.74) is 1.07. The Morgan fingerprint density at radius 2 is 2.12 bits per heavy atom. The first-order valence-electron chi connectivity index (χ1n) is 9.98. The predicted octanol–water partition coefficient (Wildman–Crippen LogP) is 3.40. The zero-order chi connectivity index (χ0) is 19.3. The van der Waals surface area contributed by atoms with Gasteiger partial charge in [-0.1, -0.05) is 49.6 Å². The normalized spacial score (nSPS) is 17.6. The number of aromatic nitrogens is 2. The molecule has 1 aliphatic rings. The van der Waals surface area contributed by atoms with Gasteiger partial charge in [0.15, 0.2) is 5.69 Å². The van der Waals surface area contributed by atoms with E-state index in [-0.39, 0.29) is 5.69 Å². The van der Waals surface area contributed by atoms with E-state index in [4.69, 9.17) is 8.85 Å². The maximum Gasteiger partial charge on any atom is 0.271 e. The molecular formula is C19H25N3O2. The Morgan fingerprint density at radius 1 is 1.33 bits per heavy atom. The molecule has 0 bridgehead atoms. The van der Waals surface area contributed by atoms with E-state index in [0.29, 0.717) is 24.9 Å². The number of amides is 1. The smallest absolute Gasteiger partial charge is 0.271 e. The molecule has 1 aliphatic carbocycles. The van der Waals surface area contributed by atoms with Crippen LogP contribution in [0.5, 0.6) is 5.88 Å². The summed E-state index contributed by atoms with van der Waals surface area (Å²) < 4.78 is 29.2. The number of ether oxygens (including phenoxy) is 1. The Kier molecular flexibility index (Phi) is 4.34. The van der Waals surface area contributed by atoms with Crippen LogP contribution < -0.4 is 10.1 Å². The van der Waals surface area contributed by atoms with Crippen molar-refractivity contribution in [1.82, 2.24) is 15.1 Å². The number of hydrogen-bond acceptors (Lipinski definition) is 3. The molecule has 0 radical (unpaired) electrons. The summed E-state index contributed by atoms with van der Waals surface area (Å²) in [6.07, 6.45) is 5.94. The molecule has 0 spiro atoms. The lowest BCUT2D eigenvalue weighted by molar-refractivity contribution is 0.0957. The third kappa shape index (κ3) is 4.16. The highest BCUT2D eigenvalue weighted by Gasteiger charge is 2.19. The molecule has 1 amide bonds. The Bertz CT molecular complexity index is 753. The van der Waals surface area contributed by atoms with Crippen LogP contribution in [0.3, 0.4) is 0 Å². The summed E-state index contributed by atoms with van der Waals surface area (Å²) >= 11 is 0. The zero-order valence-corrected chi connectivity index (χ0v) is 13.7. The average Bonchev–Trinajstić information content (AvgIpc) is 3.03. The predicted molar refractivity (Wildman–Crippen MR) is 93.0 cm³/mol. The topological polar surface area (TPSA) is 56.1 Å². The molecular weight excluding hydrogens is 302 g/mol. The molecule has 5 nitrogen and oxygen atoms in total. The lowest BCUT2D eigenvalue weighted by Gasteiger charge is -2.22. The van der Waals surface area contributed by atoms with E-state index in [1.807, 2.05) is 35.6 Å². The Balaban J connectivity index is 1.76. The van der Waals surface area contributed by atoms with Gasteiger partial charge in [-0.25, -0.2) is 4.68 Å². The number of rotatable bonds is 6. The van der Waals surface area contributed by atoms with Crippen molar-refractivity contribution in [2.24, 2.45) is 5.92 Å². The first kappa shape index (κ1) is 13.0. The standard InChI is InChI=1S/C19H25N3O2/c1-20-19(23)17-12-18(24-14-16-10-6-3-7-11-16)22(21-17)13-15-8-4-2-5-9-15/h3,6-7,10-12,15H,2,4-5,8-9,13-14H2,1H3,(H,20,23)/i1D3. The van der Waals surface area contributed by atoms with Crippen LogP contribution in [0.4, 0.5) is 0 Å². The molecule has 1 heterocycles. The quantitative estimate of drug-likeness (QED) is 0.883. The van der Waals surface area contributed by atoms with Crippen LogP contribution in [0.1, 0.15) is 52.3 Å². The van der Waals surface area contributed by atoms with Crippen molar-refractivity contribution in [1.29, 1.82) is 0 Å². The van der Waals surface area contributed by atoms with Crippen LogP contribution in [0, 0.1) is 5.92 Å². The van der Waals surface area contributed by atoms with Crippen LogP contribution in [0.15, 0.2) is 36.4 Å². The highest BCUT2D eigenvalue weighted by atomic mass is 16.5. The SMILES string of the molecule is [2H]C([2H])([2H])NC(=O)c1cc(OCc2ccccc2)n(CC2CCCCC2)n1. The summed E-state index contributed by atoms with van der Waals surface area (Å²) in [5.74, 6) is 0.262. The molecule has 1 aromatic heterocycles. The summed E-state index contributed by atoms with van der Waals surface area (Å²) in [6, 6.07) is 11.3. The first-order chi connectivity index (χ1) is 12.9. The lowest BCUT2D eigenvalue weighted by Crippen LogP contribution is -2.20. The minimum Gasteiger partial charge on any atom is -0.473 e. The van der Waals surface area contributed by atoms with Crippen LogP contribution in [-0.2, 0) is 13.2 Å². The maximum absolute atomic E-state index is 12.2. The molecule has 1 N–H and O–H groups in total. The van der Waals surface area contributed by atoms with Crippen LogP contribution in [-0.4, -0.2) is 22.7 Å². The molecule has 1 saturated carbocycles. The second-order valence-corrected chi connectivity index (χ2v) is 6.28. The number of hydrogen-bond donors (Lipinski definition) is 1. The van der Waals surface area contributed by atoms with Gasteiger partial charge in [0.1, 0.15) is 6.61 Å². The average molecular weight is 330 g/mol. The molecule has 2 aromatic rings. The van der Waals surface area contributed by atoms with Crippen molar-refractivity contribution < 1.29 is 13.6 Å². The third-order valence-electron chi connectivity index (χ3n) is 4.47. The number of carbonyl (C=O) groups is 1. The van der Waals surface area contributed by atoms with E-state index < -0.39 is 12.9 Å². The molecule has 0 unspecified atom stereocenters. The molecule has 0 atom stereocenters. The van der Waals surface area contributed by atoms with Crippen LogP contribution in [0.25, 0.3) is 0 Å². The number of carbonyl (C=O) groups excluding carboxylic acids is 1. The van der Waals surface area contributed by atoms with Gasteiger partial charge in [0.05, 0.1) is 0 Å². The minimum absolute atomic E-state index is 0.0602. The zero-order valence-electron chi connectivity index (χ0n) is 16.7. The van der Waals surface area contributed by atoms with Gasteiger partial charge in [-0.05, 0) is 24.3 Å². The summed E-state index contributed by atoms with van der Waals surface area (Å²) in [6.45, 7) is -1.52. The molecule has 0 aliphatic heterocycles. The van der Waals surface area contributed by atoms with E-state index in [9.17, 15) is 4.79 Å². The summed E-state index contributed by atoms with van der Waals surface area (Å²) in [4.78, 5) is 12.2. The second kappa shape index (κ2) is 7.99. The lowest BCUT2D eigenvalue weighted by atomic mass is 9.89. The van der Waals surface area contributed by atoms with Gasteiger partial charge in [-0.15, -0.1) is 0 Å². The van der Waals surface area contributed by atoms with Crippen molar-refractivity contribution in [3.05, 3.63) is 47.7 Å². The fourth-order valence-corrected chi connectivity index (χ4v) is 3.17. The van der Waals surface area contributed by atoms with E-state index >= 15 is 0 Å². The number of nitrogens with zero attached hydrogens (tertiary/aromatic N) is 2. The Morgan fingerprint density at radius 3 is 2.88 bits per heavy atom. The maximum atomic E-state index is 12.2. The van der Waals surface area contributed by atoms with Gasteiger partial charge in [0.2, 0.25) is 5.88 Å². The fraction of sp³-hybridized carbons (Fsp3) is 0.474. The highest BCUT2D eigenvalue weighted by Crippen LogP contribution is 2.27. The van der Waals surface area contributed by atoms with Crippen LogP contribution in [0.2, 0.25) is 0 Å². The number of nitrogens with one attached hydrogen (secondary N) is 1. The van der Waals surface area contributed by atoms with Gasteiger partial charge in [0.25, 0.3) is 5.91 Å². The van der Waals surface area contributed by atoms with Crippen molar-refractivity contribution in [2.45, 2.75) is 45.3 Å².